The molecule has 1 aromatic heterocycles. The number of methoxy groups -OCH3 is 2. The zero-order valence-electron chi connectivity index (χ0n) is 13.7. The second-order valence-corrected chi connectivity index (χ2v) is 6.88. The molecule has 0 aliphatic heterocycles. The fourth-order valence-corrected chi connectivity index (χ4v) is 3.37. The number of nitrogens with one attached hydrogen (secondary N) is 2. The van der Waals surface area contributed by atoms with Gasteiger partial charge in [0.15, 0.2) is 11.5 Å². The number of carbonyl (C=O) groups excluding carboxylic acids is 2. The number of anilines is 1. The standard InChI is InChI=1S/C17H17ClN2O4S/c1-23-13-8-9(7-12(18)14(13)24-2)15(21)20-17-11(5-6-25-17)16(22)19-10-3-4-10/h5-8,10H,3-4H2,1-2H3,(H,19,22)(H,20,21). The van der Waals surface area contributed by atoms with Crippen molar-refractivity contribution in [2.45, 2.75) is 18.9 Å². The molecule has 1 saturated carbocycles. The van der Waals surface area contributed by atoms with E-state index in [1.54, 1.807) is 11.4 Å². The van der Waals surface area contributed by atoms with Crippen molar-refractivity contribution in [3.63, 3.8) is 0 Å². The first-order chi connectivity index (χ1) is 12.0. The third-order valence-corrected chi connectivity index (χ3v) is 4.86. The molecule has 2 aromatic rings. The van der Waals surface area contributed by atoms with Gasteiger partial charge in [-0.25, -0.2) is 0 Å². The molecular formula is C17H17ClN2O4S. The molecule has 25 heavy (non-hydrogen) atoms. The maximum Gasteiger partial charge on any atom is 0.256 e. The molecule has 0 atom stereocenters. The molecule has 6 nitrogen and oxygen atoms in total. The molecule has 1 heterocycles. The first-order valence-electron chi connectivity index (χ1n) is 7.64. The van der Waals surface area contributed by atoms with Crippen LogP contribution in [-0.2, 0) is 0 Å². The molecular weight excluding hydrogens is 364 g/mol. The minimum absolute atomic E-state index is 0.176. The van der Waals surface area contributed by atoms with E-state index in [0.29, 0.717) is 27.6 Å². The molecule has 1 aliphatic rings. The monoisotopic (exact) mass is 380 g/mol. The summed E-state index contributed by atoms with van der Waals surface area (Å²) in [5, 5.41) is 8.20. The minimum Gasteiger partial charge on any atom is -0.493 e. The molecule has 0 bridgehead atoms. The van der Waals surface area contributed by atoms with E-state index in [-0.39, 0.29) is 22.9 Å². The average molecular weight is 381 g/mol. The molecule has 1 fully saturated rings. The highest BCUT2D eigenvalue weighted by Crippen LogP contribution is 2.36. The molecule has 0 saturated heterocycles. The van der Waals surface area contributed by atoms with Gasteiger partial charge in [-0.1, -0.05) is 11.6 Å². The summed E-state index contributed by atoms with van der Waals surface area (Å²) in [5.74, 6) is 0.162. The summed E-state index contributed by atoms with van der Waals surface area (Å²) < 4.78 is 10.4. The van der Waals surface area contributed by atoms with Crippen LogP contribution in [0, 0.1) is 0 Å². The van der Waals surface area contributed by atoms with Crippen molar-refractivity contribution in [3.05, 3.63) is 39.7 Å². The lowest BCUT2D eigenvalue weighted by Gasteiger charge is -2.12. The van der Waals surface area contributed by atoms with Crippen LogP contribution >= 0.6 is 22.9 Å². The highest BCUT2D eigenvalue weighted by Gasteiger charge is 2.26. The van der Waals surface area contributed by atoms with Crippen molar-refractivity contribution in [3.8, 4) is 11.5 Å². The van der Waals surface area contributed by atoms with Crippen LogP contribution < -0.4 is 20.1 Å². The second-order valence-electron chi connectivity index (χ2n) is 5.56. The first-order valence-corrected chi connectivity index (χ1v) is 8.90. The lowest BCUT2D eigenvalue weighted by atomic mass is 10.2. The van der Waals surface area contributed by atoms with Crippen LogP contribution in [0.3, 0.4) is 0 Å². The number of amides is 2. The van der Waals surface area contributed by atoms with Crippen LogP contribution in [0.25, 0.3) is 0 Å². The van der Waals surface area contributed by atoms with E-state index in [1.807, 2.05) is 0 Å². The Labute approximate surface area is 154 Å². The van der Waals surface area contributed by atoms with Crippen LogP contribution in [0.5, 0.6) is 11.5 Å². The maximum absolute atomic E-state index is 12.6. The topological polar surface area (TPSA) is 76.7 Å². The zero-order chi connectivity index (χ0) is 18.0. The summed E-state index contributed by atoms with van der Waals surface area (Å²) in [6, 6.07) is 4.98. The number of rotatable bonds is 6. The Hall–Kier alpha value is -2.25. The smallest absolute Gasteiger partial charge is 0.256 e. The van der Waals surface area contributed by atoms with Crippen LogP contribution in [0.1, 0.15) is 33.6 Å². The molecule has 2 amide bonds. The summed E-state index contributed by atoms with van der Waals surface area (Å²) >= 11 is 7.43. The number of halogens is 1. The maximum atomic E-state index is 12.6. The van der Waals surface area contributed by atoms with Gasteiger partial charge in [0, 0.05) is 11.6 Å². The second kappa shape index (κ2) is 7.33. The molecule has 2 N–H and O–H groups in total. The van der Waals surface area contributed by atoms with Crippen molar-refractivity contribution < 1.29 is 19.1 Å². The number of thiophene rings is 1. The third-order valence-electron chi connectivity index (χ3n) is 3.75. The van der Waals surface area contributed by atoms with E-state index in [9.17, 15) is 9.59 Å². The molecule has 8 heteroatoms. The molecule has 132 valence electrons. The summed E-state index contributed by atoms with van der Waals surface area (Å²) in [6.07, 6.45) is 2.00. The van der Waals surface area contributed by atoms with E-state index in [2.05, 4.69) is 10.6 Å². The Morgan fingerprint density at radius 3 is 2.60 bits per heavy atom. The molecule has 0 unspecified atom stereocenters. The van der Waals surface area contributed by atoms with Gasteiger partial charge in [0.2, 0.25) is 0 Å². The van der Waals surface area contributed by atoms with E-state index in [0.717, 1.165) is 12.8 Å². The summed E-state index contributed by atoms with van der Waals surface area (Å²) in [6.45, 7) is 0. The van der Waals surface area contributed by atoms with Crippen molar-refractivity contribution in [1.82, 2.24) is 5.32 Å². The molecule has 0 spiro atoms. The Bertz CT molecular complexity index is 817. The third kappa shape index (κ3) is 3.88. The van der Waals surface area contributed by atoms with Crippen LogP contribution in [0.4, 0.5) is 5.00 Å². The Kier molecular flexibility index (Phi) is 5.15. The fraction of sp³-hybridized carbons (Fsp3) is 0.294. The molecule has 0 radical (unpaired) electrons. The molecule has 1 aliphatic carbocycles. The summed E-state index contributed by atoms with van der Waals surface area (Å²) in [7, 11) is 2.94. The van der Waals surface area contributed by atoms with Gasteiger partial charge >= 0.3 is 0 Å². The predicted molar refractivity (Wildman–Crippen MR) is 97.3 cm³/mol. The van der Waals surface area contributed by atoms with Gasteiger partial charge in [0.05, 0.1) is 24.8 Å². The lowest BCUT2D eigenvalue weighted by molar-refractivity contribution is 0.0952. The number of ether oxygens (including phenoxy) is 2. The van der Waals surface area contributed by atoms with Crippen LogP contribution in [0.2, 0.25) is 5.02 Å². The Morgan fingerprint density at radius 2 is 1.96 bits per heavy atom. The SMILES string of the molecule is COc1cc(C(=O)Nc2sccc2C(=O)NC2CC2)cc(Cl)c1OC. The predicted octanol–water partition coefficient (Wildman–Crippen LogP) is 3.56. The quantitative estimate of drug-likeness (QED) is 0.803. The van der Waals surface area contributed by atoms with Gasteiger partial charge in [0.1, 0.15) is 5.00 Å². The van der Waals surface area contributed by atoms with Gasteiger partial charge < -0.3 is 20.1 Å². The zero-order valence-corrected chi connectivity index (χ0v) is 15.3. The number of carbonyl (C=O) groups is 2. The molecule has 3 rings (SSSR count). The van der Waals surface area contributed by atoms with Crippen molar-refractivity contribution in [2.24, 2.45) is 0 Å². The molecule has 1 aromatic carbocycles. The first kappa shape index (κ1) is 17.6. The van der Waals surface area contributed by atoms with Crippen LogP contribution in [-0.4, -0.2) is 32.1 Å². The Balaban J connectivity index is 1.80. The van der Waals surface area contributed by atoms with Crippen molar-refractivity contribution in [2.75, 3.05) is 19.5 Å². The fourth-order valence-electron chi connectivity index (χ4n) is 2.30. The van der Waals surface area contributed by atoms with Gasteiger partial charge in [-0.05, 0) is 36.4 Å². The lowest BCUT2D eigenvalue weighted by Crippen LogP contribution is -2.26. The highest BCUT2D eigenvalue weighted by atomic mass is 35.5. The summed E-state index contributed by atoms with van der Waals surface area (Å²) in [5.41, 5.74) is 0.765. The van der Waals surface area contributed by atoms with E-state index < -0.39 is 0 Å². The van der Waals surface area contributed by atoms with E-state index >= 15 is 0 Å². The van der Waals surface area contributed by atoms with Gasteiger partial charge in [-0.2, -0.15) is 0 Å². The van der Waals surface area contributed by atoms with Gasteiger partial charge in [-0.3, -0.25) is 9.59 Å². The summed E-state index contributed by atoms with van der Waals surface area (Å²) in [4.78, 5) is 24.8. The number of benzene rings is 1. The van der Waals surface area contributed by atoms with Crippen LogP contribution in [0.15, 0.2) is 23.6 Å². The normalized spacial score (nSPS) is 13.2. The number of hydrogen-bond donors (Lipinski definition) is 2. The van der Waals surface area contributed by atoms with E-state index in [4.69, 9.17) is 21.1 Å². The largest absolute Gasteiger partial charge is 0.493 e. The number of hydrogen-bond acceptors (Lipinski definition) is 5. The minimum atomic E-state index is -0.384. The average Bonchev–Trinajstić information content (AvgIpc) is 3.29. The highest BCUT2D eigenvalue weighted by molar-refractivity contribution is 7.14. The van der Waals surface area contributed by atoms with E-state index in [1.165, 1.54) is 37.7 Å². The van der Waals surface area contributed by atoms with Crippen molar-refractivity contribution in [1.29, 1.82) is 0 Å². The van der Waals surface area contributed by atoms with Gasteiger partial charge in [-0.15, -0.1) is 11.3 Å². The Morgan fingerprint density at radius 1 is 1.20 bits per heavy atom. The van der Waals surface area contributed by atoms with Crippen molar-refractivity contribution >= 4 is 39.8 Å². The van der Waals surface area contributed by atoms with Gasteiger partial charge in [0.25, 0.3) is 11.8 Å².